The minimum absolute atomic E-state index is 0.147. The molecule has 0 fully saturated rings. The first-order chi connectivity index (χ1) is 9.40. The summed E-state index contributed by atoms with van der Waals surface area (Å²) in [6.45, 7) is 4.81. The van der Waals surface area contributed by atoms with E-state index in [0.717, 1.165) is 13.0 Å². The second-order valence-corrected chi connectivity index (χ2v) is 4.96. The standard InChI is InChI=1S/C14H23N3O3/c1-5-6-17-9-11(15)7-12(17)13(18)16(3)8-10(2)14(19)20-4/h7,9-10H,5-6,8,15H2,1-4H3. The van der Waals surface area contributed by atoms with Gasteiger partial charge in [0.1, 0.15) is 5.69 Å². The summed E-state index contributed by atoms with van der Waals surface area (Å²) in [5.41, 5.74) is 6.86. The number of aryl methyl sites for hydroxylation is 1. The van der Waals surface area contributed by atoms with E-state index in [4.69, 9.17) is 5.73 Å². The largest absolute Gasteiger partial charge is 0.469 e. The van der Waals surface area contributed by atoms with Gasteiger partial charge < -0.3 is 19.9 Å². The van der Waals surface area contributed by atoms with Crippen LogP contribution in [0, 0.1) is 5.92 Å². The van der Waals surface area contributed by atoms with Crippen molar-refractivity contribution in [3.05, 3.63) is 18.0 Å². The molecule has 1 amide bonds. The highest BCUT2D eigenvalue weighted by Crippen LogP contribution is 2.14. The van der Waals surface area contributed by atoms with Crippen molar-refractivity contribution in [3.63, 3.8) is 0 Å². The Morgan fingerprint density at radius 3 is 2.70 bits per heavy atom. The van der Waals surface area contributed by atoms with Crippen molar-refractivity contribution in [1.82, 2.24) is 9.47 Å². The molecule has 6 heteroatoms. The van der Waals surface area contributed by atoms with Crippen molar-refractivity contribution < 1.29 is 14.3 Å². The highest BCUT2D eigenvalue weighted by atomic mass is 16.5. The van der Waals surface area contributed by atoms with Crippen LogP contribution in [0.3, 0.4) is 0 Å². The van der Waals surface area contributed by atoms with Crippen molar-refractivity contribution in [2.24, 2.45) is 5.92 Å². The van der Waals surface area contributed by atoms with Crippen LogP contribution in [0.1, 0.15) is 30.8 Å². The fourth-order valence-corrected chi connectivity index (χ4v) is 2.10. The van der Waals surface area contributed by atoms with E-state index in [-0.39, 0.29) is 17.8 Å². The maximum Gasteiger partial charge on any atom is 0.310 e. The van der Waals surface area contributed by atoms with Gasteiger partial charge in [0.05, 0.1) is 18.7 Å². The highest BCUT2D eigenvalue weighted by Gasteiger charge is 2.21. The zero-order chi connectivity index (χ0) is 15.3. The minimum atomic E-state index is -0.360. The Hall–Kier alpha value is -1.98. The van der Waals surface area contributed by atoms with Crippen molar-refractivity contribution in [3.8, 4) is 0 Å². The summed E-state index contributed by atoms with van der Waals surface area (Å²) >= 11 is 0. The summed E-state index contributed by atoms with van der Waals surface area (Å²) in [5.74, 6) is -0.833. The van der Waals surface area contributed by atoms with Gasteiger partial charge in [-0.25, -0.2) is 0 Å². The first-order valence-electron chi connectivity index (χ1n) is 6.69. The van der Waals surface area contributed by atoms with Crippen LogP contribution in [0.15, 0.2) is 12.3 Å². The number of amides is 1. The van der Waals surface area contributed by atoms with Gasteiger partial charge in [0.25, 0.3) is 5.91 Å². The number of anilines is 1. The Bertz CT molecular complexity index is 482. The van der Waals surface area contributed by atoms with E-state index < -0.39 is 0 Å². The monoisotopic (exact) mass is 281 g/mol. The smallest absolute Gasteiger partial charge is 0.310 e. The number of ether oxygens (including phenoxy) is 1. The molecular weight excluding hydrogens is 258 g/mol. The Morgan fingerprint density at radius 1 is 1.50 bits per heavy atom. The molecular formula is C14H23N3O3. The van der Waals surface area contributed by atoms with Gasteiger partial charge in [0, 0.05) is 26.3 Å². The molecule has 0 aliphatic heterocycles. The quantitative estimate of drug-likeness (QED) is 0.799. The molecule has 0 spiro atoms. The topological polar surface area (TPSA) is 77.6 Å². The van der Waals surface area contributed by atoms with Crippen LogP contribution in [-0.4, -0.2) is 42.0 Å². The van der Waals surface area contributed by atoms with Crippen LogP contribution in [0.2, 0.25) is 0 Å². The lowest BCUT2D eigenvalue weighted by molar-refractivity contribution is -0.145. The number of methoxy groups -OCH3 is 1. The molecule has 1 rings (SSSR count). The summed E-state index contributed by atoms with van der Waals surface area (Å²) < 4.78 is 6.51. The van der Waals surface area contributed by atoms with Gasteiger partial charge in [-0.3, -0.25) is 9.59 Å². The third kappa shape index (κ3) is 3.76. The Labute approximate surface area is 119 Å². The van der Waals surface area contributed by atoms with Crippen LogP contribution < -0.4 is 5.73 Å². The maximum absolute atomic E-state index is 12.4. The lowest BCUT2D eigenvalue weighted by Gasteiger charge is -2.21. The number of aromatic nitrogens is 1. The molecule has 1 unspecified atom stereocenters. The first kappa shape index (κ1) is 16.1. The molecule has 0 saturated carbocycles. The molecule has 0 saturated heterocycles. The van der Waals surface area contributed by atoms with Crippen molar-refractivity contribution in [1.29, 1.82) is 0 Å². The summed E-state index contributed by atoms with van der Waals surface area (Å²) in [7, 11) is 3.01. The van der Waals surface area contributed by atoms with Gasteiger partial charge in [0.15, 0.2) is 0 Å². The number of nitrogens with zero attached hydrogens (tertiary/aromatic N) is 2. The number of rotatable bonds is 6. The van der Waals surface area contributed by atoms with E-state index >= 15 is 0 Å². The summed E-state index contributed by atoms with van der Waals surface area (Å²) in [6, 6.07) is 1.66. The molecule has 1 aromatic rings. The Balaban J connectivity index is 2.81. The Morgan fingerprint density at radius 2 is 2.15 bits per heavy atom. The molecule has 1 atom stereocenters. The number of carbonyl (C=O) groups is 2. The fourth-order valence-electron chi connectivity index (χ4n) is 2.10. The van der Waals surface area contributed by atoms with Gasteiger partial charge in [-0.1, -0.05) is 13.8 Å². The molecule has 0 bridgehead atoms. The van der Waals surface area contributed by atoms with E-state index in [9.17, 15) is 9.59 Å². The van der Waals surface area contributed by atoms with E-state index in [1.165, 1.54) is 12.0 Å². The van der Waals surface area contributed by atoms with Crippen molar-refractivity contribution >= 4 is 17.6 Å². The minimum Gasteiger partial charge on any atom is -0.469 e. The van der Waals surface area contributed by atoms with Crippen molar-refractivity contribution in [2.75, 3.05) is 26.4 Å². The summed E-state index contributed by atoms with van der Waals surface area (Å²) in [4.78, 5) is 25.3. The Kier molecular flexibility index (Phi) is 5.61. The SMILES string of the molecule is CCCn1cc(N)cc1C(=O)N(C)CC(C)C(=O)OC. The van der Waals surface area contributed by atoms with Crippen LogP contribution in [-0.2, 0) is 16.1 Å². The number of hydrogen-bond acceptors (Lipinski definition) is 4. The molecule has 0 radical (unpaired) electrons. The normalized spacial score (nSPS) is 12.0. The molecule has 0 aliphatic carbocycles. The molecule has 1 aromatic heterocycles. The number of carbonyl (C=O) groups excluding carboxylic acids is 2. The van der Waals surface area contributed by atoms with Gasteiger partial charge in [-0.05, 0) is 12.5 Å². The average molecular weight is 281 g/mol. The molecule has 112 valence electrons. The zero-order valence-electron chi connectivity index (χ0n) is 12.5. The van der Waals surface area contributed by atoms with Crippen LogP contribution in [0.5, 0.6) is 0 Å². The van der Waals surface area contributed by atoms with Crippen molar-refractivity contribution in [2.45, 2.75) is 26.8 Å². The number of hydrogen-bond donors (Lipinski definition) is 1. The lowest BCUT2D eigenvalue weighted by atomic mass is 10.1. The summed E-state index contributed by atoms with van der Waals surface area (Å²) in [5, 5.41) is 0. The van der Waals surface area contributed by atoms with Crippen LogP contribution in [0.25, 0.3) is 0 Å². The predicted octanol–water partition coefficient (Wildman–Crippen LogP) is 1.36. The number of esters is 1. The van der Waals surface area contributed by atoms with E-state index in [0.29, 0.717) is 17.9 Å². The lowest BCUT2D eigenvalue weighted by Crippen LogP contribution is -2.35. The highest BCUT2D eigenvalue weighted by molar-refractivity contribution is 5.94. The third-order valence-corrected chi connectivity index (χ3v) is 3.10. The van der Waals surface area contributed by atoms with E-state index in [1.54, 1.807) is 26.2 Å². The predicted molar refractivity (Wildman–Crippen MR) is 77.3 cm³/mol. The molecule has 0 aromatic carbocycles. The number of nitrogen functional groups attached to an aromatic ring is 1. The first-order valence-corrected chi connectivity index (χ1v) is 6.69. The van der Waals surface area contributed by atoms with E-state index in [1.807, 2.05) is 11.5 Å². The van der Waals surface area contributed by atoms with Crippen LogP contribution >= 0.6 is 0 Å². The number of nitrogens with two attached hydrogens (primary N) is 1. The summed E-state index contributed by atoms with van der Waals surface area (Å²) in [6.07, 6.45) is 2.67. The van der Waals surface area contributed by atoms with Gasteiger partial charge in [-0.15, -0.1) is 0 Å². The third-order valence-electron chi connectivity index (χ3n) is 3.10. The molecule has 0 aliphatic rings. The molecule has 20 heavy (non-hydrogen) atoms. The fraction of sp³-hybridized carbons (Fsp3) is 0.571. The van der Waals surface area contributed by atoms with Gasteiger partial charge in [0.2, 0.25) is 0 Å². The van der Waals surface area contributed by atoms with Crippen LogP contribution in [0.4, 0.5) is 5.69 Å². The zero-order valence-corrected chi connectivity index (χ0v) is 12.5. The van der Waals surface area contributed by atoms with Gasteiger partial charge >= 0.3 is 5.97 Å². The second-order valence-electron chi connectivity index (χ2n) is 4.96. The average Bonchev–Trinajstić information content (AvgIpc) is 2.78. The maximum atomic E-state index is 12.4. The molecule has 1 heterocycles. The molecule has 2 N–H and O–H groups in total. The molecule has 6 nitrogen and oxygen atoms in total. The van der Waals surface area contributed by atoms with Gasteiger partial charge in [-0.2, -0.15) is 0 Å². The second kappa shape index (κ2) is 6.98. The van der Waals surface area contributed by atoms with E-state index in [2.05, 4.69) is 4.74 Å².